The van der Waals surface area contributed by atoms with E-state index in [1.165, 1.54) is 0 Å². The SMILES string of the molecule is C=C1CC2(OC1=O)C(=O)N(CC/C=C\C=C/CCN1C(=O)C3(CC(=C)C(=O)O3)c3ccccc31)c1ccccc12. The lowest BCUT2D eigenvalue weighted by atomic mass is 9.91. The molecule has 4 aliphatic heterocycles. The number of hydrogen-bond acceptors (Lipinski definition) is 6. The van der Waals surface area contributed by atoms with Crippen LogP contribution in [-0.4, -0.2) is 36.8 Å². The van der Waals surface area contributed by atoms with Crippen LogP contribution in [0.4, 0.5) is 11.4 Å². The molecule has 2 unspecified atom stereocenters. The van der Waals surface area contributed by atoms with Crippen molar-refractivity contribution in [3.63, 3.8) is 0 Å². The number of carbonyl (C=O) groups is 4. The van der Waals surface area contributed by atoms with E-state index in [1.807, 2.05) is 72.8 Å². The lowest BCUT2D eigenvalue weighted by Crippen LogP contribution is -2.40. The number of fused-ring (bicyclic) bond motifs is 4. The second-order valence-corrected chi connectivity index (χ2v) is 10.4. The van der Waals surface area contributed by atoms with Crippen LogP contribution in [0.25, 0.3) is 0 Å². The van der Waals surface area contributed by atoms with Gasteiger partial charge in [0.1, 0.15) is 0 Å². The van der Waals surface area contributed by atoms with Crippen LogP contribution >= 0.6 is 0 Å². The van der Waals surface area contributed by atoms with Gasteiger partial charge < -0.3 is 19.3 Å². The van der Waals surface area contributed by atoms with Crippen molar-refractivity contribution in [3.8, 4) is 0 Å². The number of rotatable bonds is 7. The van der Waals surface area contributed by atoms with E-state index in [4.69, 9.17) is 9.47 Å². The Morgan fingerprint density at radius 2 is 1.07 bits per heavy atom. The summed E-state index contributed by atoms with van der Waals surface area (Å²) in [5.41, 5.74) is 0.913. The summed E-state index contributed by atoms with van der Waals surface area (Å²) >= 11 is 0. The fourth-order valence-electron chi connectivity index (χ4n) is 6.00. The maximum atomic E-state index is 13.4. The Bertz CT molecular complexity index is 1400. The molecule has 0 aliphatic carbocycles. The van der Waals surface area contributed by atoms with Gasteiger partial charge in [0.05, 0.1) is 11.4 Å². The van der Waals surface area contributed by atoms with Crippen LogP contribution in [0.2, 0.25) is 0 Å². The highest BCUT2D eigenvalue weighted by atomic mass is 16.6. The number of carbonyl (C=O) groups excluding carboxylic acids is 4. The normalized spacial score (nSPS) is 25.3. The van der Waals surface area contributed by atoms with Crippen LogP contribution in [0.15, 0.2) is 97.1 Å². The van der Waals surface area contributed by atoms with Gasteiger partial charge in [-0.2, -0.15) is 0 Å². The maximum absolute atomic E-state index is 13.4. The predicted molar refractivity (Wildman–Crippen MR) is 148 cm³/mol. The summed E-state index contributed by atoms with van der Waals surface area (Å²) in [5.74, 6) is -1.54. The van der Waals surface area contributed by atoms with Crippen LogP contribution in [-0.2, 0) is 39.9 Å². The number of ether oxygens (including phenoxy) is 2. The van der Waals surface area contributed by atoms with E-state index >= 15 is 0 Å². The molecular formula is C32H28N2O6. The highest BCUT2D eigenvalue weighted by Gasteiger charge is 2.59. The zero-order valence-corrected chi connectivity index (χ0v) is 21.9. The van der Waals surface area contributed by atoms with Gasteiger partial charge in [-0.25, -0.2) is 9.59 Å². The molecule has 2 fully saturated rings. The Balaban J connectivity index is 1.05. The van der Waals surface area contributed by atoms with Crippen molar-refractivity contribution >= 4 is 35.1 Å². The Labute approximate surface area is 231 Å². The molecule has 2 spiro atoms. The van der Waals surface area contributed by atoms with Crippen LogP contribution in [0.5, 0.6) is 0 Å². The van der Waals surface area contributed by atoms with Crippen molar-refractivity contribution < 1.29 is 28.7 Å². The molecule has 8 nitrogen and oxygen atoms in total. The first-order chi connectivity index (χ1) is 19.3. The number of para-hydroxylation sites is 2. The molecule has 2 atom stereocenters. The highest BCUT2D eigenvalue weighted by molar-refractivity contribution is 6.12. The molecular weight excluding hydrogens is 508 g/mol. The molecule has 0 bridgehead atoms. The van der Waals surface area contributed by atoms with Gasteiger partial charge in [-0.05, 0) is 25.0 Å². The van der Waals surface area contributed by atoms with Crippen molar-refractivity contribution in [2.45, 2.75) is 36.9 Å². The van der Waals surface area contributed by atoms with Crippen LogP contribution < -0.4 is 9.80 Å². The van der Waals surface area contributed by atoms with Crippen molar-refractivity contribution in [1.29, 1.82) is 0 Å². The Kier molecular flexibility index (Phi) is 6.06. The van der Waals surface area contributed by atoms with Gasteiger partial charge in [0.15, 0.2) is 0 Å². The topological polar surface area (TPSA) is 93.2 Å². The summed E-state index contributed by atoms with van der Waals surface area (Å²) in [7, 11) is 0. The van der Waals surface area contributed by atoms with Gasteiger partial charge in [0.25, 0.3) is 11.8 Å². The standard InChI is InChI=1S/C32H28N2O6/c1-21-19-31(39-27(21)35)23-13-7-9-15-25(23)33(29(31)37)17-11-5-3-4-6-12-18-34-26-16-10-8-14-24(26)32(30(34)38)20-22(2)28(36)40-32/h3-10,13-16H,1-2,11-12,17-20H2/b5-3-,6-4-. The summed E-state index contributed by atoms with van der Waals surface area (Å²) in [6.45, 7) is 8.39. The minimum absolute atomic E-state index is 0.166. The van der Waals surface area contributed by atoms with E-state index in [1.54, 1.807) is 9.80 Å². The average molecular weight is 537 g/mol. The molecule has 0 radical (unpaired) electrons. The van der Waals surface area contributed by atoms with Crippen molar-refractivity contribution in [2.75, 3.05) is 22.9 Å². The van der Waals surface area contributed by atoms with E-state index in [9.17, 15) is 19.2 Å². The number of nitrogens with zero attached hydrogens (tertiary/aromatic N) is 2. The van der Waals surface area contributed by atoms with E-state index in [0.29, 0.717) is 48.2 Å². The zero-order chi connectivity index (χ0) is 28.1. The van der Waals surface area contributed by atoms with Crippen LogP contribution in [0, 0.1) is 0 Å². The first kappa shape index (κ1) is 25.6. The molecule has 4 heterocycles. The van der Waals surface area contributed by atoms with Crippen LogP contribution in [0.1, 0.15) is 36.8 Å². The van der Waals surface area contributed by atoms with Gasteiger partial charge in [0.2, 0.25) is 11.2 Å². The van der Waals surface area contributed by atoms with Crippen molar-refractivity contribution in [1.82, 2.24) is 0 Å². The second kappa shape index (κ2) is 9.48. The third-order valence-electron chi connectivity index (χ3n) is 7.90. The number of anilines is 2. The van der Waals surface area contributed by atoms with Gasteiger partial charge in [-0.1, -0.05) is 73.9 Å². The molecule has 2 amide bonds. The second-order valence-electron chi connectivity index (χ2n) is 10.4. The van der Waals surface area contributed by atoms with E-state index in [-0.39, 0.29) is 24.7 Å². The Morgan fingerprint density at radius 3 is 1.45 bits per heavy atom. The number of hydrogen-bond donors (Lipinski definition) is 0. The Hall–Kier alpha value is -4.72. The molecule has 8 heteroatoms. The van der Waals surface area contributed by atoms with E-state index < -0.39 is 23.1 Å². The molecule has 202 valence electrons. The van der Waals surface area contributed by atoms with Gasteiger partial charge in [-0.15, -0.1) is 0 Å². The molecule has 2 saturated heterocycles. The number of amides is 2. The number of esters is 2. The molecule has 0 saturated carbocycles. The molecule has 0 aromatic heterocycles. The van der Waals surface area contributed by atoms with Gasteiger partial charge in [0, 0.05) is 48.2 Å². The minimum Gasteiger partial charge on any atom is -0.440 e. The predicted octanol–water partition coefficient (Wildman–Crippen LogP) is 4.37. The summed E-state index contributed by atoms with van der Waals surface area (Å²) < 4.78 is 11.1. The first-order valence-corrected chi connectivity index (χ1v) is 13.3. The lowest BCUT2D eigenvalue weighted by Gasteiger charge is -2.22. The maximum Gasteiger partial charge on any atom is 0.335 e. The zero-order valence-electron chi connectivity index (χ0n) is 21.9. The van der Waals surface area contributed by atoms with Gasteiger partial charge in [-0.3, -0.25) is 9.59 Å². The fraction of sp³-hybridized carbons (Fsp3) is 0.250. The third-order valence-corrected chi connectivity index (χ3v) is 7.90. The fourth-order valence-corrected chi connectivity index (χ4v) is 6.00. The molecule has 4 aliphatic rings. The van der Waals surface area contributed by atoms with Crippen molar-refractivity contribution in [3.05, 3.63) is 108 Å². The monoisotopic (exact) mass is 536 g/mol. The highest BCUT2D eigenvalue weighted by Crippen LogP contribution is 2.51. The molecule has 6 rings (SSSR count). The first-order valence-electron chi connectivity index (χ1n) is 13.3. The Morgan fingerprint density at radius 1 is 0.675 bits per heavy atom. The summed E-state index contributed by atoms with van der Waals surface area (Å²) in [6, 6.07) is 14.8. The molecule has 0 N–H and O–H groups in total. The largest absolute Gasteiger partial charge is 0.440 e. The van der Waals surface area contributed by atoms with E-state index in [0.717, 1.165) is 11.4 Å². The minimum atomic E-state index is -1.30. The average Bonchev–Trinajstić information content (AvgIpc) is 3.58. The van der Waals surface area contributed by atoms with E-state index in [2.05, 4.69) is 13.2 Å². The third kappa shape index (κ3) is 3.74. The molecule has 2 aromatic rings. The lowest BCUT2D eigenvalue weighted by molar-refractivity contribution is -0.156. The summed E-state index contributed by atoms with van der Waals surface area (Å²) in [4.78, 5) is 54.2. The number of allylic oxidation sites excluding steroid dienone is 2. The number of benzene rings is 2. The summed E-state index contributed by atoms with van der Waals surface area (Å²) in [5, 5.41) is 0. The molecule has 2 aromatic carbocycles. The quantitative estimate of drug-likeness (QED) is 0.297. The molecule has 40 heavy (non-hydrogen) atoms. The smallest absolute Gasteiger partial charge is 0.335 e. The summed E-state index contributed by atoms with van der Waals surface area (Å²) in [6.07, 6.45) is 9.28. The van der Waals surface area contributed by atoms with Crippen molar-refractivity contribution in [2.24, 2.45) is 0 Å². The van der Waals surface area contributed by atoms with Crippen LogP contribution in [0.3, 0.4) is 0 Å². The van der Waals surface area contributed by atoms with Gasteiger partial charge >= 0.3 is 11.9 Å².